The van der Waals surface area contributed by atoms with Gasteiger partial charge in [0.15, 0.2) is 0 Å². The molecule has 2 N–H and O–H groups in total. The highest BCUT2D eigenvalue weighted by Crippen LogP contribution is 2.31. The van der Waals surface area contributed by atoms with E-state index in [-0.39, 0.29) is 5.91 Å². The van der Waals surface area contributed by atoms with Gasteiger partial charge in [-0.1, -0.05) is 25.8 Å². The fraction of sp³-hybridized carbons (Fsp3) is 0.571. The number of hydrogen-bond donors (Lipinski definition) is 2. The zero-order valence-corrected chi connectivity index (χ0v) is 12.6. The number of aliphatic hydroxyl groups is 1. The number of amides is 1. The third kappa shape index (κ3) is 4.01. The second kappa shape index (κ2) is 6.01. The van der Waals surface area contributed by atoms with Crippen LogP contribution in [0.15, 0.2) is 22.8 Å². The first-order valence-corrected chi connectivity index (χ1v) is 7.41. The van der Waals surface area contributed by atoms with Crippen LogP contribution < -0.4 is 5.32 Å². The summed E-state index contributed by atoms with van der Waals surface area (Å²) in [4.78, 5) is 16.1. The average Bonchev–Trinajstić information content (AvgIpc) is 2.36. The Morgan fingerprint density at radius 1 is 1.63 bits per heavy atom. The Bertz CT molecular complexity index is 467. The summed E-state index contributed by atoms with van der Waals surface area (Å²) in [6.07, 6.45) is 3.68. The lowest BCUT2D eigenvalue weighted by Gasteiger charge is -2.35. The van der Waals surface area contributed by atoms with Gasteiger partial charge in [0.1, 0.15) is 10.3 Å². The van der Waals surface area contributed by atoms with Crippen molar-refractivity contribution in [1.82, 2.24) is 10.3 Å². The number of pyridine rings is 1. The summed E-state index contributed by atoms with van der Waals surface area (Å²) in [5.41, 5.74) is -0.402. The van der Waals surface area contributed by atoms with E-state index in [1.54, 1.807) is 18.2 Å². The predicted octanol–water partition coefficient (Wildman–Crippen LogP) is 2.52. The molecule has 0 saturated heterocycles. The summed E-state index contributed by atoms with van der Waals surface area (Å²) in [6, 6.07) is 5.20. The van der Waals surface area contributed by atoms with Crippen LogP contribution in [0, 0.1) is 5.92 Å². The molecule has 1 aliphatic carbocycles. The second-order valence-electron chi connectivity index (χ2n) is 5.45. The number of carbonyl (C=O) groups excluding carboxylic acids is 1. The zero-order valence-electron chi connectivity index (χ0n) is 11.0. The number of rotatable bonds is 3. The molecule has 1 saturated carbocycles. The molecule has 0 spiro atoms. The Morgan fingerprint density at radius 3 is 3.11 bits per heavy atom. The number of carbonyl (C=O) groups is 1. The van der Waals surface area contributed by atoms with Crippen molar-refractivity contribution in [1.29, 1.82) is 0 Å². The quantitative estimate of drug-likeness (QED) is 0.839. The summed E-state index contributed by atoms with van der Waals surface area (Å²) in [7, 11) is 0. The molecule has 2 atom stereocenters. The van der Waals surface area contributed by atoms with Crippen molar-refractivity contribution >= 4 is 21.8 Å². The smallest absolute Gasteiger partial charge is 0.270 e. The Kier molecular flexibility index (Phi) is 4.58. The van der Waals surface area contributed by atoms with Crippen LogP contribution >= 0.6 is 15.9 Å². The third-order valence-electron chi connectivity index (χ3n) is 3.59. The van der Waals surface area contributed by atoms with E-state index in [0.717, 1.165) is 25.7 Å². The van der Waals surface area contributed by atoms with Gasteiger partial charge in [0.2, 0.25) is 0 Å². The highest BCUT2D eigenvalue weighted by molar-refractivity contribution is 9.10. The first kappa shape index (κ1) is 14.5. The molecule has 2 rings (SSSR count). The first-order valence-electron chi connectivity index (χ1n) is 6.62. The van der Waals surface area contributed by atoms with Crippen molar-refractivity contribution in [2.75, 3.05) is 6.54 Å². The number of nitrogens with zero attached hydrogens (tertiary/aromatic N) is 1. The van der Waals surface area contributed by atoms with Gasteiger partial charge in [0.05, 0.1) is 5.60 Å². The van der Waals surface area contributed by atoms with Gasteiger partial charge in [-0.25, -0.2) is 4.98 Å². The summed E-state index contributed by atoms with van der Waals surface area (Å²) in [5, 5.41) is 13.2. The molecule has 1 aromatic rings. The van der Waals surface area contributed by atoms with Gasteiger partial charge in [0.25, 0.3) is 5.91 Å². The molecule has 1 aromatic heterocycles. The average molecular weight is 327 g/mol. The number of halogens is 1. The maximum atomic E-state index is 12.0. The van der Waals surface area contributed by atoms with Gasteiger partial charge >= 0.3 is 0 Å². The fourth-order valence-corrected chi connectivity index (χ4v) is 3.01. The number of aromatic nitrogens is 1. The topological polar surface area (TPSA) is 62.2 Å². The van der Waals surface area contributed by atoms with Gasteiger partial charge in [0, 0.05) is 6.54 Å². The van der Waals surface area contributed by atoms with Gasteiger partial charge in [-0.2, -0.15) is 0 Å². The predicted molar refractivity (Wildman–Crippen MR) is 76.9 cm³/mol. The summed E-state index contributed by atoms with van der Waals surface area (Å²) in [6.45, 7) is 2.44. The molecule has 1 heterocycles. The second-order valence-corrected chi connectivity index (χ2v) is 6.27. The standard InChI is InChI=1S/C14H19BrN2O2/c1-10-4-3-7-14(19,8-10)9-16-13(18)11-5-2-6-12(15)17-11/h2,5-6,10,19H,3-4,7-9H2,1H3,(H,16,18). The molecular weight excluding hydrogens is 308 g/mol. The van der Waals surface area contributed by atoms with Crippen LogP contribution in [-0.4, -0.2) is 28.1 Å². The summed E-state index contributed by atoms with van der Waals surface area (Å²) < 4.78 is 0.630. The Hall–Kier alpha value is -0.940. The maximum absolute atomic E-state index is 12.0. The molecule has 19 heavy (non-hydrogen) atoms. The van der Waals surface area contributed by atoms with E-state index in [4.69, 9.17) is 0 Å². The fourth-order valence-electron chi connectivity index (χ4n) is 2.66. The highest BCUT2D eigenvalue weighted by atomic mass is 79.9. The van der Waals surface area contributed by atoms with Crippen LogP contribution in [0.3, 0.4) is 0 Å². The minimum Gasteiger partial charge on any atom is -0.388 e. The summed E-state index contributed by atoms with van der Waals surface area (Å²) in [5.74, 6) is 0.271. The van der Waals surface area contributed by atoms with Gasteiger partial charge in [-0.3, -0.25) is 4.79 Å². The van der Waals surface area contributed by atoms with E-state index in [1.807, 2.05) is 0 Å². The lowest BCUT2D eigenvalue weighted by atomic mass is 9.79. The van der Waals surface area contributed by atoms with Crippen LogP contribution in [0.4, 0.5) is 0 Å². The molecule has 0 radical (unpaired) electrons. The van der Waals surface area contributed by atoms with E-state index in [2.05, 4.69) is 33.2 Å². The third-order valence-corrected chi connectivity index (χ3v) is 4.03. The van der Waals surface area contributed by atoms with Crippen molar-refractivity contribution in [2.45, 2.75) is 38.2 Å². The minimum atomic E-state index is -0.765. The maximum Gasteiger partial charge on any atom is 0.270 e. The molecule has 1 amide bonds. The number of hydrogen-bond acceptors (Lipinski definition) is 3. The molecule has 4 nitrogen and oxygen atoms in total. The van der Waals surface area contributed by atoms with Crippen molar-refractivity contribution in [3.05, 3.63) is 28.5 Å². The minimum absolute atomic E-state index is 0.243. The van der Waals surface area contributed by atoms with Crippen LogP contribution in [0.5, 0.6) is 0 Å². The van der Waals surface area contributed by atoms with Crippen LogP contribution in [-0.2, 0) is 0 Å². The van der Waals surface area contributed by atoms with Gasteiger partial charge in [-0.15, -0.1) is 0 Å². The van der Waals surface area contributed by atoms with Gasteiger partial charge < -0.3 is 10.4 Å². The monoisotopic (exact) mass is 326 g/mol. The Balaban J connectivity index is 1.93. The van der Waals surface area contributed by atoms with Crippen molar-refractivity contribution in [2.24, 2.45) is 5.92 Å². The van der Waals surface area contributed by atoms with Gasteiger partial charge in [-0.05, 0) is 46.8 Å². The van der Waals surface area contributed by atoms with Crippen LogP contribution in [0.2, 0.25) is 0 Å². The van der Waals surface area contributed by atoms with E-state index < -0.39 is 5.60 Å². The molecule has 5 heteroatoms. The molecule has 1 fully saturated rings. The largest absolute Gasteiger partial charge is 0.388 e. The van der Waals surface area contributed by atoms with Crippen molar-refractivity contribution < 1.29 is 9.90 Å². The van der Waals surface area contributed by atoms with E-state index >= 15 is 0 Å². The SMILES string of the molecule is CC1CCCC(O)(CNC(=O)c2cccc(Br)n2)C1. The zero-order chi connectivity index (χ0) is 13.9. The molecule has 1 aliphatic rings. The Labute approximate surface area is 121 Å². The highest BCUT2D eigenvalue weighted by Gasteiger charge is 2.32. The molecule has 0 bridgehead atoms. The van der Waals surface area contributed by atoms with E-state index in [9.17, 15) is 9.90 Å². The normalized spacial score (nSPS) is 27.0. The molecular formula is C14H19BrN2O2. The lowest BCUT2D eigenvalue weighted by molar-refractivity contribution is -0.0109. The van der Waals surface area contributed by atoms with E-state index in [0.29, 0.717) is 22.8 Å². The molecule has 2 unspecified atom stereocenters. The Morgan fingerprint density at radius 2 is 2.42 bits per heavy atom. The number of nitrogens with one attached hydrogen (secondary N) is 1. The molecule has 104 valence electrons. The van der Waals surface area contributed by atoms with E-state index in [1.165, 1.54) is 0 Å². The van der Waals surface area contributed by atoms with Crippen molar-refractivity contribution in [3.8, 4) is 0 Å². The molecule has 0 aliphatic heterocycles. The van der Waals surface area contributed by atoms with Crippen LogP contribution in [0.1, 0.15) is 43.1 Å². The first-order chi connectivity index (χ1) is 8.98. The summed E-state index contributed by atoms with van der Waals surface area (Å²) >= 11 is 3.24. The molecule has 0 aromatic carbocycles. The van der Waals surface area contributed by atoms with Crippen LogP contribution in [0.25, 0.3) is 0 Å². The lowest BCUT2D eigenvalue weighted by Crippen LogP contribution is -2.45. The van der Waals surface area contributed by atoms with Crippen molar-refractivity contribution in [3.63, 3.8) is 0 Å².